The Morgan fingerprint density at radius 2 is 1.95 bits per heavy atom. The highest BCUT2D eigenvalue weighted by Gasteiger charge is 2.07. The molecular formula is C18H24N2O2. The molecule has 0 radical (unpaired) electrons. The van der Waals surface area contributed by atoms with Crippen LogP contribution in [-0.2, 0) is 18.3 Å². The SMILES string of the molecule is Cc1cc(CCNC(=O)CCOc2ccccc2)c(C)n1C. The number of aryl methyl sites for hydroxylation is 1. The minimum atomic E-state index is 0.0289. The van der Waals surface area contributed by atoms with E-state index in [2.05, 4.69) is 36.8 Å². The molecule has 4 heteroatoms. The van der Waals surface area contributed by atoms with Gasteiger partial charge in [0.1, 0.15) is 5.75 Å². The molecule has 1 N–H and O–H groups in total. The summed E-state index contributed by atoms with van der Waals surface area (Å²) in [6.45, 7) is 5.27. The third kappa shape index (κ3) is 4.38. The van der Waals surface area contributed by atoms with Crippen LogP contribution in [0.3, 0.4) is 0 Å². The Morgan fingerprint density at radius 1 is 1.23 bits per heavy atom. The van der Waals surface area contributed by atoms with Gasteiger partial charge in [0.15, 0.2) is 0 Å². The van der Waals surface area contributed by atoms with Crippen molar-refractivity contribution in [1.82, 2.24) is 9.88 Å². The van der Waals surface area contributed by atoms with Crippen molar-refractivity contribution in [2.24, 2.45) is 7.05 Å². The fourth-order valence-electron chi connectivity index (χ4n) is 2.39. The molecule has 22 heavy (non-hydrogen) atoms. The summed E-state index contributed by atoms with van der Waals surface area (Å²) in [6, 6.07) is 11.7. The first-order valence-corrected chi connectivity index (χ1v) is 7.64. The molecule has 1 aromatic heterocycles. The van der Waals surface area contributed by atoms with Gasteiger partial charge < -0.3 is 14.6 Å². The molecule has 1 amide bonds. The summed E-state index contributed by atoms with van der Waals surface area (Å²) in [5.74, 6) is 0.826. The molecule has 0 atom stereocenters. The number of carbonyl (C=O) groups excluding carboxylic acids is 1. The predicted octanol–water partition coefficient (Wildman–Crippen LogP) is 2.77. The zero-order valence-electron chi connectivity index (χ0n) is 13.6. The van der Waals surface area contributed by atoms with Gasteiger partial charge in [0.2, 0.25) is 5.91 Å². The van der Waals surface area contributed by atoms with E-state index in [1.807, 2.05) is 30.3 Å². The van der Waals surface area contributed by atoms with Gasteiger partial charge in [-0.25, -0.2) is 0 Å². The number of benzene rings is 1. The first-order valence-electron chi connectivity index (χ1n) is 7.64. The van der Waals surface area contributed by atoms with E-state index >= 15 is 0 Å². The summed E-state index contributed by atoms with van der Waals surface area (Å²) in [5, 5.41) is 2.95. The average molecular weight is 300 g/mol. The molecule has 1 aromatic carbocycles. The van der Waals surface area contributed by atoms with E-state index in [0.29, 0.717) is 19.6 Å². The van der Waals surface area contributed by atoms with Gasteiger partial charge in [-0.3, -0.25) is 4.79 Å². The number of hydrogen-bond donors (Lipinski definition) is 1. The second-order valence-electron chi connectivity index (χ2n) is 5.47. The fraction of sp³-hybridized carbons (Fsp3) is 0.389. The van der Waals surface area contributed by atoms with Crippen molar-refractivity contribution in [2.45, 2.75) is 26.7 Å². The monoisotopic (exact) mass is 300 g/mol. The lowest BCUT2D eigenvalue weighted by Crippen LogP contribution is -2.27. The molecule has 0 saturated carbocycles. The predicted molar refractivity (Wildman–Crippen MR) is 88.2 cm³/mol. The summed E-state index contributed by atoms with van der Waals surface area (Å²) in [5.41, 5.74) is 3.80. The fourth-order valence-corrected chi connectivity index (χ4v) is 2.39. The summed E-state index contributed by atoms with van der Waals surface area (Å²) < 4.78 is 7.69. The van der Waals surface area contributed by atoms with Gasteiger partial charge in [0.25, 0.3) is 0 Å². The highest BCUT2D eigenvalue weighted by atomic mass is 16.5. The summed E-state index contributed by atoms with van der Waals surface area (Å²) in [7, 11) is 2.06. The summed E-state index contributed by atoms with van der Waals surface area (Å²) >= 11 is 0. The zero-order valence-corrected chi connectivity index (χ0v) is 13.6. The van der Waals surface area contributed by atoms with Crippen LogP contribution in [0.5, 0.6) is 5.75 Å². The maximum absolute atomic E-state index is 11.8. The van der Waals surface area contributed by atoms with E-state index in [1.54, 1.807) is 0 Å². The Kier molecular flexibility index (Phi) is 5.64. The van der Waals surface area contributed by atoms with Crippen molar-refractivity contribution < 1.29 is 9.53 Å². The van der Waals surface area contributed by atoms with Gasteiger partial charge in [-0.15, -0.1) is 0 Å². The van der Waals surface area contributed by atoms with Crippen LogP contribution in [0.15, 0.2) is 36.4 Å². The molecule has 2 aromatic rings. The van der Waals surface area contributed by atoms with Gasteiger partial charge in [0.05, 0.1) is 13.0 Å². The standard InChI is InChI=1S/C18H24N2O2/c1-14-13-16(15(2)20(14)3)9-11-19-18(21)10-12-22-17-7-5-4-6-8-17/h4-8,13H,9-12H2,1-3H3,(H,19,21). The van der Waals surface area contributed by atoms with Crippen molar-refractivity contribution in [3.8, 4) is 5.75 Å². The molecule has 1 heterocycles. The number of nitrogens with zero attached hydrogens (tertiary/aromatic N) is 1. The van der Waals surface area contributed by atoms with Crippen molar-refractivity contribution in [1.29, 1.82) is 0 Å². The number of nitrogens with one attached hydrogen (secondary N) is 1. The molecule has 4 nitrogen and oxygen atoms in total. The van der Waals surface area contributed by atoms with Gasteiger partial charge in [0, 0.05) is 25.0 Å². The number of ether oxygens (including phenoxy) is 1. The quantitative estimate of drug-likeness (QED) is 0.854. The Labute approximate surface area is 132 Å². The Balaban J connectivity index is 1.66. The third-order valence-electron chi connectivity index (χ3n) is 3.94. The lowest BCUT2D eigenvalue weighted by molar-refractivity contribution is -0.121. The molecular weight excluding hydrogens is 276 g/mol. The highest BCUT2D eigenvalue weighted by molar-refractivity contribution is 5.76. The van der Waals surface area contributed by atoms with Gasteiger partial charge in [-0.2, -0.15) is 0 Å². The van der Waals surface area contributed by atoms with Crippen LogP contribution in [0.4, 0.5) is 0 Å². The first-order chi connectivity index (χ1) is 10.6. The molecule has 0 saturated heterocycles. The molecule has 0 spiro atoms. The second kappa shape index (κ2) is 7.69. The Morgan fingerprint density at radius 3 is 2.59 bits per heavy atom. The van der Waals surface area contributed by atoms with Crippen LogP contribution in [-0.4, -0.2) is 23.6 Å². The smallest absolute Gasteiger partial charge is 0.223 e. The molecule has 0 aliphatic carbocycles. The van der Waals surface area contributed by atoms with Gasteiger partial charge in [-0.1, -0.05) is 18.2 Å². The molecule has 0 unspecified atom stereocenters. The van der Waals surface area contributed by atoms with E-state index in [0.717, 1.165) is 12.2 Å². The van der Waals surface area contributed by atoms with Crippen LogP contribution in [0, 0.1) is 13.8 Å². The lowest BCUT2D eigenvalue weighted by atomic mass is 10.2. The van der Waals surface area contributed by atoms with Crippen molar-refractivity contribution >= 4 is 5.91 Å². The van der Waals surface area contributed by atoms with E-state index in [-0.39, 0.29) is 5.91 Å². The number of aromatic nitrogens is 1. The van der Waals surface area contributed by atoms with Crippen LogP contribution in [0.25, 0.3) is 0 Å². The average Bonchev–Trinajstić information content (AvgIpc) is 2.76. The van der Waals surface area contributed by atoms with Crippen LogP contribution < -0.4 is 10.1 Å². The zero-order chi connectivity index (χ0) is 15.9. The number of carbonyl (C=O) groups is 1. The van der Waals surface area contributed by atoms with Crippen LogP contribution in [0.1, 0.15) is 23.4 Å². The molecule has 0 fully saturated rings. The van der Waals surface area contributed by atoms with E-state index in [4.69, 9.17) is 4.74 Å². The minimum absolute atomic E-state index is 0.0289. The number of amides is 1. The third-order valence-corrected chi connectivity index (χ3v) is 3.94. The van der Waals surface area contributed by atoms with E-state index in [9.17, 15) is 4.79 Å². The van der Waals surface area contributed by atoms with Gasteiger partial charge in [-0.05, 0) is 44.0 Å². The normalized spacial score (nSPS) is 10.5. The molecule has 0 bridgehead atoms. The number of para-hydroxylation sites is 1. The maximum atomic E-state index is 11.8. The van der Waals surface area contributed by atoms with Gasteiger partial charge >= 0.3 is 0 Å². The summed E-state index contributed by atoms with van der Waals surface area (Å²) in [6.07, 6.45) is 1.24. The van der Waals surface area contributed by atoms with E-state index < -0.39 is 0 Å². The number of rotatable bonds is 7. The Bertz CT molecular complexity index is 618. The second-order valence-corrected chi connectivity index (χ2v) is 5.47. The molecule has 2 rings (SSSR count). The molecule has 0 aliphatic heterocycles. The molecule has 0 aliphatic rings. The first kappa shape index (κ1) is 16.1. The van der Waals surface area contributed by atoms with Crippen LogP contribution in [0.2, 0.25) is 0 Å². The minimum Gasteiger partial charge on any atom is -0.493 e. The van der Waals surface area contributed by atoms with Crippen molar-refractivity contribution in [3.05, 3.63) is 53.3 Å². The topological polar surface area (TPSA) is 43.3 Å². The highest BCUT2D eigenvalue weighted by Crippen LogP contribution is 2.13. The summed E-state index contributed by atoms with van der Waals surface area (Å²) in [4.78, 5) is 11.8. The largest absolute Gasteiger partial charge is 0.493 e. The Hall–Kier alpha value is -2.23. The van der Waals surface area contributed by atoms with E-state index in [1.165, 1.54) is 17.0 Å². The lowest BCUT2D eigenvalue weighted by Gasteiger charge is -2.07. The van der Waals surface area contributed by atoms with Crippen molar-refractivity contribution in [3.63, 3.8) is 0 Å². The number of hydrogen-bond acceptors (Lipinski definition) is 2. The van der Waals surface area contributed by atoms with Crippen molar-refractivity contribution in [2.75, 3.05) is 13.2 Å². The molecule has 118 valence electrons. The van der Waals surface area contributed by atoms with Crippen LogP contribution >= 0.6 is 0 Å². The maximum Gasteiger partial charge on any atom is 0.223 e.